The van der Waals surface area contributed by atoms with Gasteiger partial charge in [-0.2, -0.15) is 4.98 Å². The molecule has 0 bridgehead atoms. The van der Waals surface area contributed by atoms with E-state index in [2.05, 4.69) is 19.9 Å². The van der Waals surface area contributed by atoms with Crippen molar-refractivity contribution in [3.8, 4) is 0 Å². The second-order valence-electron chi connectivity index (χ2n) is 6.00. The van der Waals surface area contributed by atoms with Crippen molar-refractivity contribution in [2.45, 2.75) is 6.92 Å². The fraction of sp³-hybridized carbons (Fsp3) is 0.438. The first kappa shape index (κ1) is 16.7. The number of hydrogen-bond donors (Lipinski definition) is 0. The molecule has 0 amide bonds. The molecule has 2 aromatic heterocycles. The van der Waals surface area contributed by atoms with Gasteiger partial charge in [-0.15, -0.1) is 0 Å². The predicted molar refractivity (Wildman–Crippen MR) is 94.7 cm³/mol. The Labute approximate surface area is 145 Å². The Morgan fingerprint density at radius 2 is 1.75 bits per heavy atom. The highest BCUT2D eigenvalue weighted by Gasteiger charge is 2.22. The Morgan fingerprint density at radius 3 is 2.38 bits per heavy atom. The molecule has 0 spiro atoms. The summed E-state index contributed by atoms with van der Waals surface area (Å²) in [5.41, 5.74) is 0.927. The zero-order valence-electron chi connectivity index (χ0n) is 14.0. The molecule has 0 atom stereocenters. The standard InChI is InChI=1S/C16H20ClFN6/c1-11-8-14(21-16(20-11)22(2)3)23-4-6-24(7-5-23)15-13(18)9-12(17)10-19-15/h8-10H,4-7H2,1-3H3. The highest BCUT2D eigenvalue weighted by molar-refractivity contribution is 6.30. The normalized spacial score (nSPS) is 14.9. The van der Waals surface area contributed by atoms with Crippen LogP contribution in [0, 0.1) is 12.7 Å². The average Bonchev–Trinajstić information content (AvgIpc) is 2.54. The van der Waals surface area contributed by atoms with E-state index < -0.39 is 0 Å². The molecule has 0 N–H and O–H groups in total. The topological polar surface area (TPSA) is 48.4 Å². The first-order valence-electron chi connectivity index (χ1n) is 7.78. The second-order valence-corrected chi connectivity index (χ2v) is 6.43. The van der Waals surface area contributed by atoms with Gasteiger partial charge in [0, 0.05) is 58.2 Å². The minimum Gasteiger partial charge on any atom is -0.353 e. The maximum atomic E-state index is 14.0. The molecule has 0 saturated carbocycles. The van der Waals surface area contributed by atoms with Gasteiger partial charge in [-0.05, 0) is 13.0 Å². The predicted octanol–water partition coefficient (Wildman–Crippen LogP) is 2.37. The van der Waals surface area contributed by atoms with Gasteiger partial charge in [0.25, 0.3) is 0 Å². The zero-order chi connectivity index (χ0) is 17.3. The second kappa shape index (κ2) is 6.76. The summed E-state index contributed by atoms with van der Waals surface area (Å²) >= 11 is 5.77. The molecule has 0 aromatic carbocycles. The molecular weight excluding hydrogens is 331 g/mol. The van der Waals surface area contributed by atoms with Crippen LogP contribution in [0.2, 0.25) is 5.02 Å². The molecule has 1 fully saturated rings. The van der Waals surface area contributed by atoms with E-state index in [1.54, 1.807) is 0 Å². The number of anilines is 3. The Balaban J connectivity index is 1.73. The monoisotopic (exact) mass is 350 g/mol. The van der Waals surface area contributed by atoms with E-state index in [0.29, 0.717) is 29.9 Å². The van der Waals surface area contributed by atoms with Gasteiger partial charge in [-0.25, -0.2) is 14.4 Å². The summed E-state index contributed by atoms with van der Waals surface area (Å²) < 4.78 is 14.0. The van der Waals surface area contributed by atoms with E-state index in [0.717, 1.165) is 24.6 Å². The van der Waals surface area contributed by atoms with Gasteiger partial charge in [-0.3, -0.25) is 0 Å². The summed E-state index contributed by atoms with van der Waals surface area (Å²) in [5, 5.41) is 0.308. The molecule has 24 heavy (non-hydrogen) atoms. The SMILES string of the molecule is Cc1cc(N2CCN(c3ncc(Cl)cc3F)CC2)nc(N(C)C)n1. The first-order chi connectivity index (χ1) is 11.4. The number of pyridine rings is 1. The number of piperazine rings is 1. The van der Waals surface area contributed by atoms with Crippen LogP contribution in [0.4, 0.5) is 22.0 Å². The number of aromatic nitrogens is 3. The van der Waals surface area contributed by atoms with Crippen LogP contribution in [0.3, 0.4) is 0 Å². The molecule has 3 heterocycles. The Kier molecular flexibility index (Phi) is 4.71. The summed E-state index contributed by atoms with van der Waals surface area (Å²) in [5.74, 6) is 1.56. The lowest BCUT2D eigenvalue weighted by molar-refractivity contribution is 0.587. The lowest BCUT2D eigenvalue weighted by Gasteiger charge is -2.36. The minimum absolute atomic E-state index is 0.308. The third-order valence-electron chi connectivity index (χ3n) is 3.92. The summed E-state index contributed by atoms with van der Waals surface area (Å²) in [6.45, 7) is 4.79. The molecule has 0 unspecified atom stereocenters. The van der Waals surface area contributed by atoms with Gasteiger partial charge in [0.15, 0.2) is 11.6 Å². The lowest BCUT2D eigenvalue weighted by atomic mass is 10.3. The third kappa shape index (κ3) is 3.51. The maximum absolute atomic E-state index is 14.0. The Hall–Kier alpha value is -2.15. The zero-order valence-corrected chi connectivity index (χ0v) is 14.8. The number of nitrogens with zero attached hydrogens (tertiary/aromatic N) is 6. The molecular formula is C16H20ClFN6. The van der Waals surface area contributed by atoms with Crippen LogP contribution in [0.5, 0.6) is 0 Å². The van der Waals surface area contributed by atoms with Crippen LogP contribution in [0.25, 0.3) is 0 Å². The van der Waals surface area contributed by atoms with Crippen molar-refractivity contribution >= 4 is 29.2 Å². The summed E-state index contributed by atoms with van der Waals surface area (Å²) in [6, 6.07) is 3.27. The van der Waals surface area contributed by atoms with Crippen molar-refractivity contribution < 1.29 is 4.39 Å². The largest absolute Gasteiger partial charge is 0.353 e. The molecule has 0 aliphatic carbocycles. The van der Waals surface area contributed by atoms with E-state index in [1.165, 1.54) is 12.3 Å². The molecule has 0 radical (unpaired) electrons. The van der Waals surface area contributed by atoms with Crippen LogP contribution in [-0.4, -0.2) is 55.2 Å². The minimum atomic E-state index is -0.385. The van der Waals surface area contributed by atoms with Gasteiger partial charge in [-0.1, -0.05) is 11.6 Å². The molecule has 2 aromatic rings. The molecule has 3 rings (SSSR count). The fourth-order valence-corrected chi connectivity index (χ4v) is 2.83. The highest BCUT2D eigenvalue weighted by atomic mass is 35.5. The highest BCUT2D eigenvalue weighted by Crippen LogP contribution is 2.23. The smallest absolute Gasteiger partial charge is 0.226 e. The number of halogens is 2. The van der Waals surface area contributed by atoms with Crippen molar-refractivity contribution in [1.82, 2.24) is 15.0 Å². The van der Waals surface area contributed by atoms with E-state index in [1.807, 2.05) is 36.9 Å². The number of rotatable bonds is 3. The quantitative estimate of drug-likeness (QED) is 0.847. The maximum Gasteiger partial charge on any atom is 0.226 e. The van der Waals surface area contributed by atoms with Gasteiger partial charge < -0.3 is 14.7 Å². The summed E-state index contributed by atoms with van der Waals surface area (Å²) in [7, 11) is 3.84. The first-order valence-corrected chi connectivity index (χ1v) is 8.16. The van der Waals surface area contributed by atoms with Crippen LogP contribution < -0.4 is 14.7 Å². The van der Waals surface area contributed by atoms with E-state index in [9.17, 15) is 4.39 Å². The molecule has 1 aliphatic rings. The van der Waals surface area contributed by atoms with Gasteiger partial charge in [0.2, 0.25) is 5.95 Å². The van der Waals surface area contributed by atoms with Crippen LogP contribution in [0.1, 0.15) is 5.69 Å². The van der Waals surface area contributed by atoms with E-state index in [4.69, 9.17) is 11.6 Å². The Bertz CT molecular complexity index is 731. The van der Waals surface area contributed by atoms with Crippen LogP contribution in [-0.2, 0) is 0 Å². The Morgan fingerprint density at radius 1 is 1.08 bits per heavy atom. The van der Waals surface area contributed by atoms with Crippen molar-refractivity contribution in [3.63, 3.8) is 0 Å². The van der Waals surface area contributed by atoms with Crippen molar-refractivity contribution in [3.05, 3.63) is 34.9 Å². The van der Waals surface area contributed by atoms with Crippen molar-refractivity contribution in [1.29, 1.82) is 0 Å². The van der Waals surface area contributed by atoms with Crippen LogP contribution >= 0.6 is 11.6 Å². The molecule has 128 valence electrons. The summed E-state index contributed by atoms with van der Waals surface area (Å²) in [4.78, 5) is 19.1. The fourth-order valence-electron chi connectivity index (χ4n) is 2.69. The van der Waals surface area contributed by atoms with Crippen molar-refractivity contribution in [2.24, 2.45) is 0 Å². The lowest BCUT2D eigenvalue weighted by Crippen LogP contribution is -2.47. The molecule has 8 heteroatoms. The third-order valence-corrected chi connectivity index (χ3v) is 4.13. The molecule has 1 aliphatic heterocycles. The molecule has 1 saturated heterocycles. The van der Waals surface area contributed by atoms with Gasteiger partial charge >= 0.3 is 0 Å². The number of hydrogen-bond acceptors (Lipinski definition) is 6. The van der Waals surface area contributed by atoms with E-state index >= 15 is 0 Å². The number of aryl methyl sites for hydroxylation is 1. The molecule has 6 nitrogen and oxygen atoms in total. The average molecular weight is 351 g/mol. The van der Waals surface area contributed by atoms with Crippen LogP contribution in [0.15, 0.2) is 18.3 Å². The van der Waals surface area contributed by atoms with Gasteiger partial charge in [0.05, 0.1) is 5.02 Å². The van der Waals surface area contributed by atoms with Gasteiger partial charge in [0.1, 0.15) is 5.82 Å². The summed E-state index contributed by atoms with van der Waals surface area (Å²) in [6.07, 6.45) is 1.48. The van der Waals surface area contributed by atoms with Crippen molar-refractivity contribution in [2.75, 3.05) is 55.0 Å². The van der Waals surface area contributed by atoms with E-state index in [-0.39, 0.29) is 5.82 Å².